The Bertz CT molecular complexity index is 806. The molecule has 0 aromatic heterocycles. The number of allylic oxidation sites excluding steroid dienone is 2. The molecule has 0 heterocycles. The predicted molar refractivity (Wildman–Crippen MR) is 95.0 cm³/mol. The molecular formula is C22H20. The smallest absolute Gasteiger partial charge is 0.0109 e. The summed E-state index contributed by atoms with van der Waals surface area (Å²) < 4.78 is 0. The molecule has 4 rings (SSSR count). The fourth-order valence-corrected chi connectivity index (χ4v) is 3.61. The summed E-state index contributed by atoms with van der Waals surface area (Å²) in [6.45, 7) is 0. The van der Waals surface area contributed by atoms with E-state index in [9.17, 15) is 0 Å². The molecule has 0 saturated carbocycles. The average molecular weight is 284 g/mol. The maximum Gasteiger partial charge on any atom is -0.0109 e. The van der Waals surface area contributed by atoms with Crippen molar-refractivity contribution in [1.29, 1.82) is 0 Å². The molecule has 1 aliphatic rings. The summed E-state index contributed by atoms with van der Waals surface area (Å²) in [5.41, 5.74) is 4.42. The summed E-state index contributed by atoms with van der Waals surface area (Å²) in [6.07, 6.45) is 6.04. The highest BCUT2D eigenvalue weighted by Crippen LogP contribution is 2.37. The highest BCUT2D eigenvalue weighted by molar-refractivity contribution is 5.94. The van der Waals surface area contributed by atoms with Crippen LogP contribution >= 0.6 is 0 Å². The van der Waals surface area contributed by atoms with Crippen molar-refractivity contribution < 1.29 is 0 Å². The molecule has 0 amide bonds. The SMILES string of the molecule is C1=C(c2cccc3ccccc23)CC[C@@H](c2ccccc2)C1. The van der Waals surface area contributed by atoms with Crippen molar-refractivity contribution >= 4 is 16.3 Å². The van der Waals surface area contributed by atoms with Gasteiger partial charge in [-0.15, -0.1) is 0 Å². The van der Waals surface area contributed by atoms with E-state index < -0.39 is 0 Å². The van der Waals surface area contributed by atoms with Crippen LogP contribution in [0.25, 0.3) is 16.3 Å². The zero-order valence-corrected chi connectivity index (χ0v) is 12.7. The quantitative estimate of drug-likeness (QED) is 0.526. The van der Waals surface area contributed by atoms with Crippen LogP contribution in [0, 0.1) is 0 Å². The number of benzene rings is 3. The second-order valence-corrected chi connectivity index (χ2v) is 6.14. The van der Waals surface area contributed by atoms with Gasteiger partial charge in [-0.25, -0.2) is 0 Å². The fraction of sp³-hybridized carbons (Fsp3) is 0.182. The van der Waals surface area contributed by atoms with Crippen LogP contribution in [0.2, 0.25) is 0 Å². The summed E-state index contributed by atoms with van der Waals surface area (Å²) in [4.78, 5) is 0. The third kappa shape index (κ3) is 2.46. The highest BCUT2D eigenvalue weighted by atomic mass is 14.2. The van der Waals surface area contributed by atoms with E-state index in [2.05, 4.69) is 78.9 Å². The number of hydrogen-bond acceptors (Lipinski definition) is 0. The first-order valence-electron chi connectivity index (χ1n) is 8.14. The summed E-state index contributed by atoms with van der Waals surface area (Å²) in [5, 5.41) is 2.72. The van der Waals surface area contributed by atoms with E-state index in [0.29, 0.717) is 5.92 Å². The Morgan fingerprint density at radius 3 is 2.32 bits per heavy atom. The predicted octanol–water partition coefficient (Wildman–Crippen LogP) is 6.19. The molecule has 0 unspecified atom stereocenters. The molecule has 1 atom stereocenters. The van der Waals surface area contributed by atoms with Crippen LogP contribution in [0.15, 0.2) is 78.9 Å². The van der Waals surface area contributed by atoms with Gasteiger partial charge in [0.1, 0.15) is 0 Å². The summed E-state index contributed by atoms with van der Waals surface area (Å²) >= 11 is 0. The van der Waals surface area contributed by atoms with Gasteiger partial charge in [0.2, 0.25) is 0 Å². The molecule has 22 heavy (non-hydrogen) atoms. The van der Waals surface area contributed by atoms with Gasteiger partial charge >= 0.3 is 0 Å². The third-order valence-electron chi connectivity index (χ3n) is 4.82. The van der Waals surface area contributed by atoms with E-state index in [1.807, 2.05) is 0 Å². The number of hydrogen-bond donors (Lipinski definition) is 0. The van der Waals surface area contributed by atoms with Gasteiger partial charge in [-0.05, 0) is 52.7 Å². The monoisotopic (exact) mass is 284 g/mol. The average Bonchev–Trinajstić information content (AvgIpc) is 2.62. The molecule has 0 saturated heterocycles. The second kappa shape index (κ2) is 5.81. The van der Waals surface area contributed by atoms with Crippen LogP contribution in [0.3, 0.4) is 0 Å². The Hall–Kier alpha value is -2.34. The van der Waals surface area contributed by atoms with Gasteiger partial charge in [-0.2, -0.15) is 0 Å². The van der Waals surface area contributed by atoms with Gasteiger partial charge in [0.25, 0.3) is 0 Å². The summed E-state index contributed by atoms with van der Waals surface area (Å²) in [5.74, 6) is 0.680. The van der Waals surface area contributed by atoms with Crippen LogP contribution in [0.1, 0.15) is 36.3 Å². The number of rotatable bonds is 2. The first-order valence-corrected chi connectivity index (χ1v) is 8.14. The first-order chi connectivity index (χ1) is 10.9. The van der Waals surface area contributed by atoms with Crippen molar-refractivity contribution in [2.45, 2.75) is 25.2 Å². The minimum atomic E-state index is 0.680. The molecular weight excluding hydrogens is 264 g/mol. The van der Waals surface area contributed by atoms with E-state index >= 15 is 0 Å². The lowest BCUT2D eigenvalue weighted by atomic mass is 9.82. The normalized spacial score (nSPS) is 18.2. The molecule has 0 fully saturated rings. The Morgan fingerprint density at radius 1 is 0.727 bits per heavy atom. The zero-order chi connectivity index (χ0) is 14.8. The minimum absolute atomic E-state index is 0.680. The molecule has 0 spiro atoms. The second-order valence-electron chi connectivity index (χ2n) is 6.14. The van der Waals surface area contributed by atoms with E-state index in [-0.39, 0.29) is 0 Å². The van der Waals surface area contributed by atoms with Gasteiger partial charge < -0.3 is 0 Å². The largest absolute Gasteiger partial charge is 0.0801 e. The Balaban J connectivity index is 1.66. The van der Waals surface area contributed by atoms with Gasteiger partial charge in [-0.1, -0.05) is 78.9 Å². The van der Waals surface area contributed by atoms with E-state index in [1.165, 1.54) is 40.3 Å². The van der Waals surface area contributed by atoms with Gasteiger partial charge in [-0.3, -0.25) is 0 Å². The van der Waals surface area contributed by atoms with Crippen molar-refractivity contribution in [3.8, 4) is 0 Å². The number of fused-ring (bicyclic) bond motifs is 1. The molecule has 0 nitrogen and oxygen atoms in total. The maximum atomic E-state index is 2.46. The lowest BCUT2D eigenvalue weighted by Crippen LogP contribution is -2.04. The Kier molecular flexibility index (Phi) is 3.52. The molecule has 0 radical (unpaired) electrons. The van der Waals surface area contributed by atoms with Crippen LogP contribution in [-0.2, 0) is 0 Å². The molecule has 108 valence electrons. The molecule has 0 heteroatoms. The highest BCUT2D eigenvalue weighted by Gasteiger charge is 2.17. The zero-order valence-electron chi connectivity index (χ0n) is 12.7. The Labute approximate surface area is 132 Å². The molecule has 3 aromatic rings. The molecule has 0 bridgehead atoms. The van der Waals surface area contributed by atoms with Crippen LogP contribution in [0.5, 0.6) is 0 Å². The standard InChI is InChI=1S/C22H20/c1-2-7-17(8-3-1)18-13-15-20(16-14-18)22-12-6-10-19-9-4-5-11-21(19)22/h1-12,15,18H,13-14,16H2/t18-/m0/s1. The van der Waals surface area contributed by atoms with Crippen molar-refractivity contribution in [3.05, 3.63) is 90.0 Å². The fourth-order valence-electron chi connectivity index (χ4n) is 3.61. The van der Waals surface area contributed by atoms with Gasteiger partial charge in [0, 0.05) is 0 Å². The lowest BCUT2D eigenvalue weighted by molar-refractivity contribution is 0.626. The van der Waals surface area contributed by atoms with Crippen LogP contribution < -0.4 is 0 Å². The van der Waals surface area contributed by atoms with Crippen molar-refractivity contribution in [1.82, 2.24) is 0 Å². The van der Waals surface area contributed by atoms with E-state index in [0.717, 1.165) is 6.42 Å². The van der Waals surface area contributed by atoms with Crippen LogP contribution in [-0.4, -0.2) is 0 Å². The summed E-state index contributed by atoms with van der Waals surface area (Å²) in [7, 11) is 0. The molecule has 0 N–H and O–H groups in total. The van der Waals surface area contributed by atoms with Gasteiger partial charge in [0.15, 0.2) is 0 Å². The topological polar surface area (TPSA) is 0 Å². The molecule has 3 aromatic carbocycles. The minimum Gasteiger partial charge on any atom is -0.0801 e. The summed E-state index contributed by atoms with van der Waals surface area (Å²) in [6, 6.07) is 26.3. The van der Waals surface area contributed by atoms with Crippen molar-refractivity contribution in [3.63, 3.8) is 0 Å². The van der Waals surface area contributed by atoms with Gasteiger partial charge in [0.05, 0.1) is 0 Å². The van der Waals surface area contributed by atoms with Crippen LogP contribution in [0.4, 0.5) is 0 Å². The lowest BCUT2D eigenvalue weighted by Gasteiger charge is -2.23. The first kappa shape index (κ1) is 13.3. The Morgan fingerprint density at radius 2 is 1.50 bits per heavy atom. The molecule has 1 aliphatic carbocycles. The third-order valence-corrected chi connectivity index (χ3v) is 4.82. The maximum absolute atomic E-state index is 2.46. The van der Waals surface area contributed by atoms with Crippen molar-refractivity contribution in [2.75, 3.05) is 0 Å². The van der Waals surface area contributed by atoms with E-state index in [4.69, 9.17) is 0 Å². The van der Waals surface area contributed by atoms with E-state index in [1.54, 1.807) is 0 Å². The molecule has 0 aliphatic heterocycles. The van der Waals surface area contributed by atoms with Crippen molar-refractivity contribution in [2.24, 2.45) is 0 Å².